The van der Waals surface area contributed by atoms with Crippen molar-refractivity contribution in [2.45, 2.75) is 32.2 Å². The molecule has 3 heterocycles. The average Bonchev–Trinajstić information content (AvgIpc) is 2.97. The maximum Gasteiger partial charge on any atom is 0.317 e. The Bertz CT molecular complexity index is 903. The summed E-state index contributed by atoms with van der Waals surface area (Å²) in [6.45, 7) is 4.18. The molecule has 1 aliphatic rings. The predicted octanol–water partition coefficient (Wildman–Crippen LogP) is 3.37. The molecule has 2 aromatic heterocycles. The number of fused-ring (bicyclic) bond motifs is 1. The fourth-order valence-electron chi connectivity index (χ4n) is 4.08. The Morgan fingerprint density at radius 2 is 2.00 bits per heavy atom. The molecule has 4 rings (SSSR count). The average molecular weight is 363 g/mol. The summed E-state index contributed by atoms with van der Waals surface area (Å²) in [5.41, 5.74) is 4.66. The van der Waals surface area contributed by atoms with Gasteiger partial charge in [-0.3, -0.25) is 0 Å². The quantitative estimate of drug-likeness (QED) is 0.776. The van der Waals surface area contributed by atoms with Crippen LogP contribution in [0.15, 0.2) is 42.9 Å². The molecule has 0 radical (unpaired) electrons. The molecule has 1 N–H and O–H groups in total. The lowest BCUT2D eigenvalue weighted by molar-refractivity contribution is 0.180. The van der Waals surface area contributed by atoms with Gasteiger partial charge in [0.25, 0.3) is 0 Å². The van der Waals surface area contributed by atoms with E-state index in [1.807, 2.05) is 17.0 Å². The number of amides is 2. The molecule has 2 amide bonds. The summed E-state index contributed by atoms with van der Waals surface area (Å²) < 4.78 is 2.17. The molecule has 1 aliphatic heterocycles. The van der Waals surface area contributed by atoms with Crippen LogP contribution in [0.25, 0.3) is 10.9 Å². The van der Waals surface area contributed by atoms with Gasteiger partial charge in [-0.2, -0.15) is 0 Å². The van der Waals surface area contributed by atoms with Crippen molar-refractivity contribution in [3.05, 3.63) is 59.8 Å². The van der Waals surface area contributed by atoms with Gasteiger partial charge in [-0.05, 0) is 37.5 Å². The van der Waals surface area contributed by atoms with Crippen LogP contribution in [0.5, 0.6) is 0 Å². The number of hydrogen-bond donors (Lipinski definition) is 1. The highest BCUT2D eigenvalue weighted by molar-refractivity contribution is 5.85. The van der Waals surface area contributed by atoms with Crippen LogP contribution in [0.2, 0.25) is 0 Å². The maximum absolute atomic E-state index is 12.6. The van der Waals surface area contributed by atoms with E-state index in [1.54, 1.807) is 12.5 Å². The molecule has 140 valence electrons. The molecule has 0 atom stereocenters. The van der Waals surface area contributed by atoms with Crippen molar-refractivity contribution < 1.29 is 4.79 Å². The van der Waals surface area contributed by atoms with Crippen LogP contribution in [-0.4, -0.2) is 38.6 Å². The number of nitrogens with zero attached hydrogens (tertiary/aromatic N) is 4. The van der Waals surface area contributed by atoms with Crippen LogP contribution in [0.3, 0.4) is 0 Å². The highest BCUT2D eigenvalue weighted by Gasteiger charge is 2.24. The number of aryl methyl sites for hydroxylation is 2. The van der Waals surface area contributed by atoms with Crippen LogP contribution in [-0.2, 0) is 13.6 Å². The van der Waals surface area contributed by atoms with Crippen molar-refractivity contribution in [3.63, 3.8) is 0 Å². The summed E-state index contributed by atoms with van der Waals surface area (Å²) in [6, 6.07) is 10.3. The van der Waals surface area contributed by atoms with E-state index >= 15 is 0 Å². The second kappa shape index (κ2) is 7.39. The van der Waals surface area contributed by atoms with E-state index in [0.717, 1.165) is 37.3 Å². The fraction of sp³-hybridized carbons (Fsp3) is 0.381. The number of carbonyl (C=O) groups is 1. The molecule has 6 nitrogen and oxygen atoms in total. The Balaban J connectivity index is 1.37. The minimum atomic E-state index is 0.0146. The SMILES string of the molecule is Cc1c(CNC(=O)N2CCC(c3ccncn3)CC2)n(C)c2ccccc12. The standard InChI is InChI=1S/C21H25N5O/c1-15-17-5-3-4-6-19(17)25(2)20(15)13-23-21(27)26-11-8-16(9-12-26)18-7-10-22-14-24-18/h3-7,10,14,16H,8-9,11-13H2,1-2H3,(H,23,27). The monoisotopic (exact) mass is 363 g/mol. The largest absolute Gasteiger partial charge is 0.346 e. The number of piperidine rings is 1. The third kappa shape index (κ3) is 3.39. The second-order valence-corrected chi connectivity index (χ2v) is 7.20. The third-order valence-electron chi connectivity index (χ3n) is 5.72. The molecule has 6 heteroatoms. The van der Waals surface area contributed by atoms with Gasteiger partial charge in [0.1, 0.15) is 6.33 Å². The zero-order valence-electron chi connectivity index (χ0n) is 15.9. The molecule has 0 saturated carbocycles. The Kier molecular flexibility index (Phi) is 4.79. The number of nitrogens with one attached hydrogen (secondary N) is 1. The lowest BCUT2D eigenvalue weighted by Gasteiger charge is -2.31. The van der Waals surface area contributed by atoms with Gasteiger partial charge >= 0.3 is 6.03 Å². The molecular formula is C21H25N5O. The van der Waals surface area contributed by atoms with Gasteiger partial charge in [-0.25, -0.2) is 14.8 Å². The Labute approximate surface area is 159 Å². The van der Waals surface area contributed by atoms with Crippen LogP contribution in [0, 0.1) is 6.92 Å². The lowest BCUT2D eigenvalue weighted by Crippen LogP contribution is -2.44. The first-order valence-electron chi connectivity index (χ1n) is 9.46. The lowest BCUT2D eigenvalue weighted by atomic mass is 9.93. The van der Waals surface area contributed by atoms with Gasteiger partial charge in [0.05, 0.1) is 6.54 Å². The van der Waals surface area contributed by atoms with Gasteiger partial charge in [-0.1, -0.05) is 18.2 Å². The van der Waals surface area contributed by atoms with Crippen LogP contribution in [0.1, 0.15) is 35.7 Å². The molecule has 0 unspecified atom stereocenters. The molecule has 27 heavy (non-hydrogen) atoms. The number of hydrogen-bond acceptors (Lipinski definition) is 3. The Morgan fingerprint density at radius 3 is 2.70 bits per heavy atom. The molecule has 3 aromatic rings. The summed E-state index contributed by atoms with van der Waals surface area (Å²) in [5.74, 6) is 0.414. The van der Waals surface area contributed by atoms with E-state index in [4.69, 9.17) is 0 Å². The summed E-state index contributed by atoms with van der Waals surface area (Å²) in [5, 5.41) is 4.35. The minimum absolute atomic E-state index is 0.0146. The number of likely N-dealkylation sites (tertiary alicyclic amines) is 1. The minimum Gasteiger partial charge on any atom is -0.346 e. The topological polar surface area (TPSA) is 63.1 Å². The van der Waals surface area contributed by atoms with Gasteiger partial charge in [0.2, 0.25) is 0 Å². The van der Waals surface area contributed by atoms with Crippen molar-refractivity contribution in [2.75, 3.05) is 13.1 Å². The zero-order valence-corrected chi connectivity index (χ0v) is 15.9. The van der Waals surface area contributed by atoms with Crippen molar-refractivity contribution in [1.82, 2.24) is 24.8 Å². The highest BCUT2D eigenvalue weighted by Crippen LogP contribution is 2.27. The molecule has 1 fully saturated rings. The first-order chi connectivity index (χ1) is 13.1. The first-order valence-corrected chi connectivity index (χ1v) is 9.46. The molecule has 0 spiro atoms. The second-order valence-electron chi connectivity index (χ2n) is 7.20. The van der Waals surface area contributed by atoms with E-state index in [2.05, 4.69) is 52.0 Å². The first kappa shape index (κ1) is 17.5. The predicted molar refractivity (Wildman–Crippen MR) is 105 cm³/mol. The maximum atomic E-state index is 12.6. The number of para-hydroxylation sites is 1. The van der Waals surface area contributed by atoms with E-state index in [-0.39, 0.29) is 6.03 Å². The summed E-state index contributed by atoms with van der Waals surface area (Å²) >= 11 is 0. The van der Waals surface area contributed by atoms with Crippen molar-refractivity contribution >= 4 is 16.9 Å². The van der Waals surface area contributed by atoms with Crippen molar-refractivity contribution in [1.29, 1.82) is 0 Å². The Hall–Kier alpha value is -2.89. The molecule has 0 bridgehead atoms. The number of benzene rings is 1. The summed E-state index contributed by atoms with van der Waals surface area (Å²) in [4.78, 5) is 22.9. The van der Waals surface area contributed by atoms with Crippen molar-refractivity contribution in [3.8, 4) is 0 Å². The van der Waals surface area contributed by atoms with Crippen LogP contribution < -0.4 is 5.32 Å². The fourth-order valence-corrected chi connectivity index (χ4v) is 4.08. The molecule has 1 saturated heterocycles. The van der Waals surface area contributed by atoms with Crippen molar-refractivity contribution in [2.24, 2.45) is 7.05 Å². The van der Waals surface area contributed by atoms with E-state index in [1.165, 1.54) is 16.5 Å². The summed E-state index contributed by atoms with van der Waals surface area (Å²) in [6.07, 6.45) is 5.27. The van der Waals surface area contributed by atoms with E-state index in [9.17, 15) is 4.79 Å². The van der Waals surface area contributed by atoms with Gasteiger partial charge in [0, 0.05) is 54.5 Å². The smallest absolute Gasteiger partial charge is 0.317 e. The third-order valence-corrected chi connectivity index (χ3v) is 5.72. The normalized spacial score (nSPS) is 15.3. The highest BCUT2D eigenvalue weighted by atomic mass is 16.2. The van der Waals surface area contributed by atoms with Gasteiger partial charge < -0.3 is 14.8 Å². The summed E-state index contributed by atoms with van der Waals surface area (Å²) in [7, 11) is 2.06. The molecule has 1 aromatic carbocycles. The number of urea groups is 1. The zero-order chi connectivity index (χ0) is 18.8. The van der Waals surface area contributed by atoms with Crippen LogP contribution >= 0.6 is 0 Å². The number of aromatic nitrogens is 3. The van der Waals surface area contributed by atoms with Gasteiger partial charge in [-0.15, -0.1) is 0 Å². The van der Waals surface area contributed by atoms with E-state index < -0.39 is 0 Å². The number of rotatable bonds is 3. The van der Waals surface area contributed by atoms with Gasteiger partial charge in [0.15, 0.2) is 0 Å². The molecule has 0 aliphatic carbocycles. The van der Waals surface area contributed by atoms with E-state index in [0.29, 0.717) is 12.5 Å². The number of carbonyl (C=O) groups excluding carboxylic acids is 1. The molecular weight excluding hydrogens is 338 g/mol. The van der Waals surface area contributed by atoms with Crippen LogP contribution in [0.4, 0.5) is 4.79 Å². The Morgan fingerprint density at radius 1 is 1.22 bits per heavy atom.